The summed E-state index contributed by atoms with van der Waals surface area (Å²) in [7, 11) is 0. The summed E-state index contributed by atoms with van der Waals surface area (Å²) in [6.07, 6.45) is 1.64. The van der Waals surface area contributed by atoms with Crippen LogP contribution in [0, 0.1) is 5.41 Å². The zero-order valence-electron chi connectivity index (χ0n) is 14.8. The number of amides is 2. The molecule has 0 N–H and O–H groups in total. The number of likely N-dealkylation sites (tertiary alicyclic amines) is 2. The average molecular weight is 367 g/mol. The van der Waals surface area contributed by atoms with Gasteiger partial charge in [-0.2, -0.15) is 0 Å². The van der Waals surface area contributed by atoms with Gasteiger partial charge in [-0.1, -0.05) is 11.6 Å². The summed E-state index contributed by atoms with van der Waals surface area (Å²) in [5.41, 5.74) is -0.250. The Labute approximate surface area is 152 Å². The van der Waals surface area contributed by atoms with Crippen LogP contribution in [0.2, 0.25) is 5.15 Å². The molecule has 0 radical (unpaired) electrons. The monoisotopic (exact) mass is 366 g/mol. The molecule has 0 unspecified atom stereocenters. The molecule has 1 aromatic heterocycles. The van der Waals surface area contributed by atoms with Gasteiger partial charge in [0.15, 0.2) is 10.8 Å². The minimum Gasteiger partial charge on any atom is -0.444 e. The third-order valence-corrected chi connectivity index (χ3v) is 4.71. The number of aromatic nitrogens is 2. The van der Waals surface area contributed by atoms with Gasteiger partial charge in [-0.05, 0) is 45.7 Å². The van der Waals surface area contributed by atoms with E-state index in [1.54, 1.807) is 21.9 Å². The first-order valence-electron chi connectivity index (χ1n) is 8.44. The Bertz CT molecular complexity index is 665. The van der Waals surface area contributed by atoms with Crippen molar-refractivity contribution in [2.24, 2.45) is 5.41 Å². The van der Waals surface area contributed by atoms with Gasteiger partial charge in [-0.25, -0.2) is 4.79 Å². The molecular weight excluding hydrogens is 344 g/mol. The summed E-state index contributed by atoms with van der Waals surface area (Å²) in [6.45, 7) is 8.15. The van der Waals surface area contributed by atoms with Crippen molar-refractivity contribution in [2.45, 2.75) is 39.2 Å². The first kappa shape index (κ1) is 17.9. The SMILES string of the molecule is CC(C)(C)OC(=O)N1CCCC2(C1)CN(C(=O)c1ccc(Cl)nn1)C2. The standard InChI is InChI=1S/C17H23ClN4O3/c1-16(2,3)25-15(24)21-8-4-7-17(9-21)10-22(11-17)14(23)12-5-6-13(18)20-19-12/h5-6H,4,7-11H2,1-3H3. The maximum atomic E-state index is 12.4. The predicted molar refractivity (Wildman–Crippen MR) is 92.4 cm³/mol. The highest BCUT2D eigenvalue weighted by Crippen LogP contribution is 2.39. The van der Waals surface area contributed by atoms with Crippen molar-refractivity contribution in [3.05, 3.63) is 23.0 Å². The minimum atomic E-state index is -0.503. The van der Waals surface area contributed by atoms with Crippen molar-refractivity contribution in [3.63, 3.8) is 0 Å². The van der Waals surface area contributed by atoms with E-state index >= 15 is 0 Å². The van der Waals surface area contributed by atoms with Crippen LogP contribution in [-0.2, 0) is 4.74 Å². The van der Waals surface area contributed by atoms with Crippen molar-refractivity contribution in [1.29, 1.82) is 0 Å². The zero-order chi connectivity index (χ0) is 18.2. The van der Waals surface area contributed by atoms with Gasteiger partial charge in [0, 0.05) is 31.6 Å². The fourth-order valence-corrected chi connectivity index (χ4v) is 3.55. The molecule has 2 amide bonds. The highest BCUT2D eigenvalue weighted by Gasteiger charge is 2.49. The maximum absolute atomic E-state index is 12.4. The van der Waals surface area contributed by atoms with Crippen LogP contribution in [-0.4, -0.2) is 63.8 Å². The molecule has 3 rings (SSSR count). The Kier molecular flexibility index (Phi) is 4.62. The number of ether oxygens (including phenoxy) is 1. The molecule has 8 heteroatoms. The second-order valence-corrected chi connectivity index (χ2v) is 8.30. The van der Waals surface area contributed by atoms with Crippen molar-refractivity contribution < 1.29 is 14.3 Å². The van der Waals surface area contributed by atoms with Gasteiger partial charge in [0.05, 0.1) is 0 Å². The lowest BCUT2D eigenvalue weighted by atomic mass is 9.73. The molecule has 0 aliphatic carbocycles. The summed E-state index contributed by atoms with van der Waals surface area (Å²) in [4.78, 5) is 28.3. The molecule has 2 aliphatic rings. The van der Waals surface area contributed by atoms with E-state index < -0.39 is 5.60 Å². The summed E-state index contributed by atoms with van der Waals surface area (Å²) in [5.74, 6) is -0.149. The Balaban J connectivity index is 1.59. The normalized spacial score (nSPS) is 19.5. The van der Waals surface area contributed by atoms with Gasteiger partial charge in [-0.3, -0.25) is 4.79 Å². The molecule has 0 saturated carbocycles. The van der Waals surface area contributed by atoms with Gasteiger partial charge in [0.2, 0.25) is 0 Å². The lowest BCUT2D eigenvalue weighted by molar-refractivity contribution is -0.0476. The molecule has 136 valence electrons. The lowest BCUT2D eigenvalue weighted by Crippen LogP contribution is -2.65. The molecule has 1 aromatic rings. The number of hydrogen-bond acceptors (Lipinski definition) is 5. The molecule has 7 nitrogen and oxygen atoms in total. The van der Waals surface area contributed by atoms with Crippen LogP contribution in [0.3, 0.4) is 0 Å². The van der Waals surface area contributed by atoms with Crippen LogP contribution in [0.5, 0.6) is 0 Å². The molecule has 0 bridgehead atoms. The Morgan fingerprint density at radius 2 is 1.84 bits per heavy atom. The highest BCUT2D eigenvalue weighted by atomic mass is 35.5. The van der Waals surface area contributed by atoms with Crippen molar-refractivity contribution in [2.75, 3.05) is 26.2 Å². The smallest absolute Gasteiger partial charge is 0.410 e. The van der Waals surface area contributed by atoms with Crippen LogP contribution in [0.4, 0.5) is 4.79 Å². The number of halogens is 1. The summed E-state index contributed by atoms with van der Waals surface area (Å²) < 4.78 is 5.47. The summed E-state index contributed by atoms with van der Waals surface area (Å²) in [6, 6.07) is 3.14. The van der Waals surface area contributed by atoms with Crippen molar-refractivity contribution in [1.82, 2.24) is 20.0 Å². The molecule has 2 aliphatic heterocycles. The second kappa shape index (κ2) is 6.44. The Morgan fingerprint density at radius 3 is 2.44 bits per heavy atom. The van der Waals surface area contributed by atoms with Crippen LogP contribution < -0.4 is 0 Å². The first-order chi connectivity index (χ1) is 11.7. The van der Waals surface area contributed by atoms with E-state index in [2.05, 4.69) is 10.2 Å². The number of rotatable bonds is 1. The fourth-order valence-electron chi connectivity index (χ4n) is 3.45. The first-order valence-corrected chi connectivity index (χ1v) is 8.82. The third kappa shape index (κ3) is 4.03. The van der Waals surface area contributed by atoms with E-state index in [0.29, 0.717) is 31.9 Å². The zero-order valence-corrected chi connectivity index (χ0v) is 15.5. The Hall–Kier alpha value is -1.89. The second-order valence-electron chi connectivity index (χ2n) is 7.91. The van der Waals surface area contributed by atoms with Gasteiger partial charge < -0.3 is 14.5 Å². The van der Waals surface area contributed by atoms with E-state index in [1.165, 1.54) is 0 Å². The van der Waals surface area contributed by atoms with Crippen LogP contribution >= 0.6 is 11.6 Å². The number of hydrogen-bond donors (Lipinski definition) is 0. The third-order valence-electron chi connectivity index (χ3n) is 4.50. The van der Waals surface area contributed by atoms with Gasteiger partial charge in [0.25, 0.3) is 5.91 Å². The Morgan fingerprint density at radius 1 is 1.16 bits per heavy atom. The number of carbonyl (C=O) groups is 2. The largest absolute Gasteiger partial charge is 0.444 e. The quantitative estimate of drug-likeness (QED) is 0.763. The average Bonchev–Trinajstić information content (AvgIpc) is 2.51. The molecular formula is C17H23ClN4O3. The van der Waals surface area contributed by atoms with Crippen molar-refractivity contribution >= 4 is 23.6 Å². The number of nitrogens with zero attached hydrogens (tertiary/aromatic N) is 4. The van der Waals surface area contributed by atoms with Crippen LogP contribution in [0.15, 0.2) is 12.1 Å². The number of piperidine rings is 1. The topological polar surface area (TPSA) is 75.6 Å². The predicted octanol–water partition coefficient (Wildman–Crippen LogP) is 2.60. The summed E-state index contributed by atoms with van der Waals surface area (Å²) >= 11 is 5.70. The minimum absolute atomic E-state index is 0.0370. The molecule has 2 fully saturated rings. The molecule has 0 aromatic carbocycles. The lowest BCUT2D eigenvalue weighted by Gasteiger charge is -2.54. The van der Waals surface area contributed by atoms with Crippen molar-refractivity contribution in [3.8, 4) is 0 Å². The van der Waals surface area contributed by atoms with Crippen LogP contribution in [0.25, 0.3) is 0 Å². The molecule has 25 heavy (non-hydrogen) atoms. The van der Waals surface area contributed by atoms with E-state index in [4.69, 9.17) is 16.3 Å². The van der Waals surface area contributed by atoms with E-state index in [1.807, 2.05) is 20.8 Å². The van der Waals surface area contributed by atoms with Gasteiger partial charge in [-0.15, -0.1) is 10.2 Å². The maximum Gasteiger partial charge on any atom is 0.410 e. The summed E-state index contributed by atoms with van der Waals surface area (Å²) in [5, 5.41) is 7.81. The van der Waals surface area contributed by atoms with E-state index in [9.17, 15) is 9.59 Å². The molecule has 3 heterocycles. The molecule has 1 spiro atoms. The number of carbonyl (C=O) groups excluding carboxylic acids is 2. The molecule has 2 saturated heterocycles. The van der Waals surface area contributed by atoms with Gasteiger partial charge in [0.1, 0.15) is 5.60 Å². The molecule has 0 atom stereocenters. The van der Waals surface area contributed by atoms with E-state index in [0.717, 1.165) is 12.8 Å². The van der Waals surface area contributed by atoms with Crippen LogP contribution in [0.1, 0.15) is 44.1 Å². The fraction of sp³-hybridized carbons (Fsp3) is 0.647. The highest BCUT2D eigenvalue weighted by molar-refractivity contribution is 6.29. The van der Waals surface area contributed by atoms with Gasteiger partial charge >= 0.3 is 6.09 Å². The van der Waals surface area contributed by atoms with E-state index in [-0.39, 0.29) is 22.6 Å².